The molecule has 6 nitrogen and oxygen atoms in total. The number of hydrazine groups is 1. The number of nitrogens with zero attached hydrogens (tertiary/aromatic N) is 2. The van der Waals surface area contributed by atoms with Gasteiger partial charge in [-0.25, -0.2) is 0 Å². The van der Waals surface area contributed by atoms with E-state index in [-0.39, 0.29) is 5.91 Å². The Balaban J connectivity index is 2.52. The molecule has 1 rings (SSSR count). The number of rotatable bonds is 1. The maximum absolute atomic E-state index is 11.4. The molecule has 1 aromatic heterocycles. The number of thiocarbonyl (C=S) groups is 1. The lowest BCUT2D eigenvalue weighted by Gasteiger charge is -2.08. The molecule has 0 atom stereocenters. The van der Waals surface area contributed by atoms with Gasteiger partial charge in [0.25, 0.3) is 5.91 Å². The fourth-order valence-corrected chi connectivity index (χ4v) is 0.888. The highest BCUT2D eigenvalue weighted by Gasteiger charge is 2.08. The van der Waals surface area contributed by atoms with Crippen LogP contribution in [0.15, 0.2) is 12.3 Å². The highest BCUT2D eigenvalue weighted by atomic mass is 32.1. The molecule has 14 heavy (non-hydrogen) atoms. The minimum Gasteiger partial charge on any atom is -0.364 e. The van der Waals surface area contributed by atoms with Gasteiger partial charge in [-0.1, -0.05) is 0 Å². The number of amides is 1. The molecular weight excluding hydrogens is 202 g/mol. The normalized spacial score (nSPS) is 9.29. The number of nitrogens with one attached hydrogen (secondary N) is 3. The van der Waals surface area contributed by atoms with Crippen LogP contribution in [0, 0.1) is 0 Å². The minimum atomic E-state index is -0.289. The molecule has 3 N–H and O–H groups in total. The highest BCUT2D eigenvalue weighted by molar-refractivity contribution is 7.80. The fraction of sp³-hybridized carbons (Fsp3) is 0.286. The second-order valence-corrected chi connectivity index (χ2v) is 2.91. The van der Waals surface area contributed by atoms with E-state index in [1.807, 2.05) is 0 Å². The first-order valence-electron chi connectivity index (χ1n) is 3.91. The molecule has 1 amide bonds. The summed E-state index contributed by atoms with van der Waals surface area (Å²) in [5.41, 5.74) is 5.41. The molecule has 76 valence electrons. The number of hydrogen-bond donors (Lipinski definition) is 3. The van der Waals surface area contributed by atoms with Gasteiger partial charge in [0.15, 0.2) is 5.11 Å². The van der Waals surface area contributed by atoms with Gasteiger partial charge >= 0.3 is 0 Å². The van der Waals surface area contributed by atoms with Crippen molar-refractivity contribution in [1.29, 1.82) is 0 Å². The molecular formula is C7H11N5OS. The van der Waals surface area contributed by atoms with E-state index >= 15 is 0 Å². The summed E-state index contributed by atoms with van der Waals surface area (Å²) in [6, 6.07) is 1.61. The summed E-state index contributed by atoms with van der Waals surface area (Å²) in [5.74, 6) is -0.289. The molecule has 0 saturated carbocycles. The molecule has 0 aromatic carbocycles. The average molecular weight is 213 g/mol. The van der Waals surface area contributed by atoms with Crippen molar-refractivity contribution in [3.8, 4) is 0 Å². The lowest BCUT2D eigenvalue weighted by molar-refractivity contribution is 0.0934. The van der Waals surface area contributed by atoms with E-state index in [1.54, 1.807) is 26.4 Å². The summed E-state index contributed by atoms with van der Waals surface area (Å²) in [4.78, 5) is 11.4. The first-order valence-corrected chi connectivity index (χ1v) is 4.32. The molecule has 0 aliphatic rings. The summed E-state index contributed by atoms with van der Waals surface area (Å²) in [7, 11) is 3.34. The third-order valence-electron chi connectivity index (χ3n) is 1.57. The predicted octanol–water partition coefficient (Wildman–Crippen LogP) is -0.841. The third kappa shape index (κ3) is 2.43. The first kappa shape index (κ1) is 10.5. The monoisotopic (exact) mass is 213 g/mol. The molecule has 0 fully saturated rings. The van der Waals surface area contributed by atoms with Gasteiger partial charge in [-0.15, -0.1) is 0 Å². The van der Waals surface area contributed by atoms with Crippen LogP contribution in [-0.4, -0.2) is 27.8 Å². The molecule has 0 aliphatic carbocycles. The largest absolute Gasteiger partial charge is 0.364 e. The number of aromatic nitrogens is 2. The lowest BCUT2D eigenvalue weighted by Crippen LogP contribution is -2.46. The van der Waals surface area contributed by atoms with Gasteiger partial charge in [0, 0.05) is 20.3 Å². The second-order valence-electron chi connectivity index (χ2n) is 2.50. The van der Waals surface area contributed by atoms with Gasteiger partial charge in [0.1, 0.15) is 5.69 Å². The number of aryl methyl sites for hydroxylation is 1. The van der Waals surface area contributed by atoms with Gasteiger partial charge in [-0.3, -0.25) is 20.3 Å². The Kier molecular flexibility index (Phi) is 3.41. The Morgan fingerprint density at radius 3 is 2.79 bits per heavy atom. The summed E-state index contributed by atoms with van der Waals surface area (Å²) < 4.78 is 1.47. The van der Waals surface area contributed by atoms with Crippen LogP contribution in [0.3, 0.4) is 0 Å². The van der Waals surface area contributed by atoms with Crippen LogP contribution in [0.4, 0.5) is 0 Å². The maximum Gasteiger partial charge on any atom is 0.287 e. The summed E-state index contributed by atoms with van der Waals surface area (Å²) >= 11 is 4.78. The quantitative estimate of drug-likeness (QED) is 0.419. The second kappa shape index (κ2) is 4.56. The topological polar surface area (TPSA) is 71.0 Å². The molecule has 0 spiro atoms. The van der Waals surface area contributed by atoms with Crippen LogP contribution in [0.2, 0.25) is 0 Å². The molecule has 0 aliphatic heterocycles. The van der Waals surface area contributed by atoms with Crippen LogP contribution >= 0.6 is 12.2 Å². The van der Waals surface area contributed by atoms with E-state index in [9.17, 15) is 4.79 Å². The van der Waals surface area contributed by atoms with Gasteiger partial charge in [0.05, 0.1) is 0 Å². The zero-order valence-corrected chi connectivity index (χ0v) is 8.68. The van der Waals surface area contributed by atoms with Crippen LogP contribution in [0.5, 0.6) is 0 Å². The fourth-order valence-electron chi connectivity index (χ4n) is 0.837. The van der Waals surface area contributed by atoms with Crippen molar-refractivity contribution in [2.24, 2.45) is 7.05 Å². The molecule has 7 heteroatoms. The van der Waals surface area contributed by atoms with E-state index in [2.05, 4.69) is 21.3 Å². The minimum absolute atomic E-state index is 0.289. The van der Waals surface area contributed by atoms with Crippen LogP contribution in [0.25, 0.3) is 0 Å². The lowest BCUT2D eigenvalue weighted by atomic mass is 10.4. The Labute approximate surface area is 86.6 Å². The molecule has 1 aromatic rings. The zero-order chi connectivity index (χ0) is 10.6. The van der Waals surface area contributed by atoms with Gasteiger partial charge in [0.2, 0.25) is 0 Å². The van der Waals surface area contributed by atoms with E-state index in [1.165, 1.54) is 4.68 Å². The van der Waals surface area contributed by atoms with Crippen LogP contribution < -0.4 is 16.2 Å². The summed E-state index contributed by atoms with van der Waals surface area (Å²) in [6.45, 7) is 0. The van der Waals surface area contributed by atoms with Crippen molar-refractivity contribution in [2.75, 3.05) is 7.05 Å². The van der Waals surface area contributed by atoms with Crippen molar-refractivity contribution in [2.45, 2.75) is 0 Å². The summed E-state index contributed by atoms with van der Waals surface area (Å²) in [5, 5.41) is 6.88. The molecule has 0 radical (unpaired) electrons. The smallest absolute Gasteiger partial charge is 0.287 e. The van der Waals surface area contributed by atoms with Crippen molar-refractivity contribution in [3.05, 3.63) is 18.0 Å². The van der Waals surface area contributed by atoms with Crippen molar-refractivity contribution in [3.63, 3.8) is 0 Å². The molecule has 0 saturated heterocycles. The van der Waals surface area contributed by atoms with Crippen molar-refractivity contribution >= 4 is 23.2 Å². The van der Waals surface area contributed by atoms with E-state index in [4.69, 9.17) is 12.2 Å². The Bertz CT molecular complexity index is 348. The Morgan fingerprint density at radius 1 is 1.57 bits per heavy atom. The van der Waals surface area contributed by atoms with E-state index < -0.39 is 0 Å². The summed E-state index contributed by atoms with van der Waals surface area (Å²) in [6.07, 6.45) is 1.55. The van der Waals surface area contributed by atoms with Gasteiger partial charge in [-0.05, 0) is 18.3 Å². The van der Waals surface area contributed by atoms with E-state index in [0.717, 1.165) is 0 Å². The Morgan fingerprint density at radius 2 is 2.29 bits per heavy atom. The van der Waals surface area contributed by atoms with Crippen LogP contribution in [0.1, 0.15) is 10.5 Å². The predicted molar refractivity (Wildman–Crippen MR) is 55.5 cm³/mol. The standard InChI is InChI=1S/C7H11N5OS/c1-8-7(14)11-10-6(13)5-3-4-9-12(5)2/h3-4H,1-2H3,(H,10,13)(H2,8,11,14). The Hall–Kier alpha value is -1.63. The van der Waals surface area contributed by atoms with Crippen LogP contribution in [-0.2, 0) is 7.05 Å². The maximum atomic E-state index is 11.4. The molecule has 1 heterocycles. The first-order chi connectivity index (χ1) is 6.65. The van der Waals surface area contributed by atoms with Crippen molar-refractivity contribution in [1.82, 2.24) is 25.9 Å². The number of hydrogen-bond acceptors (Lipinski definition) is 3. The average Bonchev–Trinajstić information content (AvgIpc) is 2.60. The van der Waals surface area contributed by atoms with Crippen molar-refractivity contribution < 1.29 is 4.79 Å². The van der Waals surface area contributed by atoms with E-state index in [0.29, 0.717) is 10.8 Å². The number of carbonyl (C=O) groups excluding carboxylic acids is 1. The molecule has 0 unspecified atom stereocenters. The van der Waals surface area contributed by atoms with Gasteiger partial charge in [-0.2, -0.15) is 5.10 Å². The SMILES string of the molecule is CNC(=S)NNC(=O)c1ccnn1C. The molecule has 0 bridgehead atoms. The third-order valence-corrected chi connectivity index (χ3v) is 1.88. The van der Waals surface area contributed by atoms with Gasteiger partial charge < -0.3 is 5.32 Å². The zero-order valence-electron chi connectivity index (χ0n) is 7.87. The highest BCUT2D eigenvalue weighted by Crippen LogP contribution is 1.94. The number of carbonyl (C=O) groups is 1.